The summed E-state index contributed by atoms with van der Waals surface area (Å²) in [7, 11) is 1.46. The number of aromatic carboxylic acids is 1. The average Bonchev–Trinajstić information content (AvgIpc) is 3.17. The van der Waals surface area contributed by atoms with E-state index in [9.17, 15) is 9.90 Å². The van der Waals surface area contributed by atoms with Gasteiger partial charge in [-0.1, -0.05) is 36.4 Å². The van der Waals surface area contributed by atoms with Crippen molar-refractivity contribution in [3.05, 3.63) is 71.7 Å². The van der Waals surface area contributed by atoms with Crippen molar-refractivity contribution in [2.45, 2.75) is 19.5 Å². The van der Waals surface area contributed by atoms with E-state index in [4.69, 9.17) is 4.74 Å². The van der Waals surface area contributed by atoms with Gasteiger partial charge in [0, 0.05) is 18.3 Å². The number of imidazole rings is 1. The highest BCUT2D eigenvalue weighted by atomic mass is 35.5. The van der Waals surface area contributed by atoms with Gasteiger partial charge in [-0.05, 0) is 24.6 Å². The molecule has 1 unspecified atom stereocenters. The Hall–Kier alpha value is -2.83. The molecule has 2 aromatic carbocycles. The number of benzene rings is 2. The fourth-order valence-corrected chi connectivity index (χ4v) is 2.72. The minimum absolute atomic E-state index is 0. The molecule has 0 bridgehead atoms. The van der Waals surface area contributed by atoms with E-state index in [-0.39, 0.29) is 24.0 Å². The van der Waals surface area contributed by atoms with Crippen molar-refractivity contribution in [3.8, 4) is 17.0 Å². The van der Waals surface area contributed by atoms with Crippen LogP contribution in [0.1, 0.15) is 34.7 Å². The third-order valence-electron chi connectivity index (χ3n) is 4.18. The first kappa shape index (κ1) is 20.5. The first-order valence-corrected chi connectivity index (χ1v) is 8.33. The molecule has 3 rings (SSSR count). The topological polar surface area (TPSA) is 87.2 Å². The Morgan fingerprint density at radius 1 is 1.26 bits per heavy atom. The summed E-state index contributed by atoms with van der Waals surface area (Å²) in [6, 6.07) is 15.1. The van der Waals surface area contributed by atoms with Crippen LogP contribution in [-0.4, -0.2) is 28.2 Å². The van der Waals surface area contributed by atoms with Gasteiger partial charge in [0.1, 0.15) is 17.1 Å². The zero-order valence-corrected chi connectivity index (χ0v) is 15.9. The van der Waals surface area contributed by atoms with E-state index in [2.05, 4.69) is 15.3 Å². The van der Waals surface area contributed by atoms with Gasteiger partial charge in [0.15, 0.2) is 0 Å². The lowest BCUT2D eigenvalue weighted by atomic mass is 10.1. The van der Waals surface area contributed by atoms with Crippen LogP contribution < -0.4 is 10.1 Å². The summed E-state index contributed by atoms with van der Waals surface area (Å²) >= 11 is 0. The summed E-state index contributed by atoms with van der Waals surface area (Å²) in [6.07, 6.45) is 1.89. The Kier molecular flexibility index (Phi) is 6.98. The molecule has 1 aromatic heterocycles. The molecule has 0 aliphatic rings. The van der Waals surface area contributed by atoms with Crippen LogP contribution >= 0.6 is 12.4 Å². The van der Waals surface area contributed by atoms with Crippen molar-refractivity contribution in [2.75, 3.05) is 7.11 Å². The van der Waals surface area contributed by atoms with Crippen molar-refractivity contribution < 1.29 is 14.6 Å². The lowest BCUT2D eigenvalue weighted by Crippen LogP contribution is -2.19. The smallest absolute Gasteiger partial charge is 0.339 e. The average molecular weight is 388 g/mol. The molecule has 0 aliphatic carbocycles. The Morgan fingerprint density at radius 2 is 2.00 bits per heavy atom. The molecule has 0 amide bonds. The van der Waals surface area contributed by atoms with Gasteiger partial charge < -0.3 is 20.1 Å². The highest BCUT2D eigenvalue weighted by Crippen LogP contribution is 2.21. The zero-order valence-electron chi connectivity index (χ0n) is 15.1. The number of hydrogen-bond donors (Lipinski definition) is 3. The quantitative estimate of drug-likeness (QED) is 0.569. The second-order valence-electron chi connectivity index (χ2n) is 5.98. The molecule has 6 nitrogen and oxygen atoms in total. The minimum Gasteiger partial charge on any atom is -0.496 e. The number of H-pyrrole nitrogens is 1. The fraction of sp³-hybridized carbons (Fsp3) is 0.200. The highest BCUT2D eigenvalue weighted by molar-refractivity contribution is 5.91. The number of nitrogens with zero attached hydrogens (tertiary/aromatic N) is 1. The van der Waals surface area contributed by atoms with E-state index in [0.29, 0.717) is 12.3 Å². The largest absolute Gasteiger partial charge is 0.496 e. The predicted octanol–water partition coefficient (Wildman–Crippen LogP) is 4.06. The summed E-state index contributed by atoms with van der Waals surface area (Å²) in [5.74, 6) is 0.180. The molecule has 0 radical (unpaired) electrons. The molecule has 3 N–H and O–H groups in total. The maximum atomic E-state index is 11.3. The molecule has 0 fully saturated rings. The van der Waals surface area contributed by atoms with Gasteiger partial charge >= 0.3 is 5.97 Å². The molecule has 0 saturated carbocycles. The Morgan fingerprint density at radius 3 is 2.67 bits per heavy atom. The van der Waals surface area contributed by atoms with Crippen LogP contribution in [0.4, 0.5) is 0 Å². The number of halogens is 1. The maximum absolute atomic E-state index is 11.3. The van der Waals surface area contributed by atoms with E-state index in [0.717, 1.165) is 22.6 Å². The fourth-order valence-electron chi connectivity index (χ4n) is 2.72. The molecule has 1 atom stereocenters. The second-order valence-corrected chi connectivity index (χ2v) is 5.98. The molecular weight excluding hydrogens is 366 g/mol. The van der Waals surface area contributed by atoms with E-state index < -0.39 is 5.97 Å². The SMILES string of the molecule is COc1ccc(CNC(C)c2nc(-c3ccccc3)c[nH]2)cc1C(=O)O.Cl. The van der Waals surface area contributed by atoms with Crippen LogP contribution in [0.15, 0.2) is 54.7 Å². The number of nitrogens with one attached hydrogen (secondary N) is 2. The van der Waals surface area contributed by atoms with Crippen LogP contribution in [0.3, 0.4) is 0 Å². The van der Waals surface area contributed by atoms with E-state index >= 15 is 0 Å². The summed E-state index contributed by atoms with van der Waals surface area (Å²) in [6.45, 7) is 2.53. The lowest BCUT2D eigenvalue weighted by Gasteiger charge is -2.13. The number of methoxy groups -OCH3 is 1. The molecule has 1 heterocycles. The van der Waals surface area contributed by atoms with E-state index in [1.807, 2.05) is 49.5 Å². The Bertz CT molecular complexity index is 896. The number of carboxylic acids is 1. The Balaban J connectivity index is 0.00000261. The van der Waals surface area contributed by atoms with Crippen LogP contribution in [0, 0.1) is 0 Å². The van der Waals surface area contributed by atoms with Crippen molar-refractivity contribution in [1.29, 1.82) is 0 Å². The van der Waals surface area contributed by atoms with Crippen LogP contribution in [0.25, 0.3) is 11.3 Å². The van der Waals surface area contributed by atoms with Gasteiger partial charge in [-0.2, -0.15) is 0 Å². The monoisotopic (exact) mass is 387 g/mol. The zero-order chi connectivity index (χ0) is 18.5. The van der Waals surface area contributed by atoms with Crippen LogP contribution in [0.2, 0.25) is 0 Å². The standard InChI is InChI=1S/C20H21N3O3.ClH/c1-13(19-22-12-17(23-19)15-6-4-3-5-7-15)21-11-14-8-9-18(26-2)16(10-14)20(24)25;/h3-10,12-13,21H,11H2,1-2H3,(H,22,23)(H,24,25);1H. The number of ether oxygens (including phenoxy) is 1. The normalized spacial score (nSPS) is 11.5. The molecule has 0 aliphatic heterocycles. The summed E-state index contributed by atoms with van der Waals surface area (Å²) in [5, 5.41) is 12.6. The van der Waals surface area contributed by atoms with Gasteiger partial charge in [0.25, 0.3) is 0 Å². The number of carbonyl (C=O) groups is 1. The predicted molar refractivity (Wildman–Crippen MR) is 106 cm³/mol. The first-order valence-electron chi connectivity index (χ1n) is 8.33. The number of aromatic nitrogens is 2. The molecule has 142 valence electrons. The van der Waals surface area contributed by atoms with Gasteiger partial charge in [0.2, 0.25) is 0 Å². The molecule has 0 spiro atoms. The van der Waals surface area contributed by atoms with E-state index in [1.54, 1.807) is 12.1 Å². The summed E-state index contributed by atoms with van der Waals surface area (Å²) in [5.41, 5.74) is 2.98. The van der Waals surface area contributed by atoms with Gasteiger partial charge in [-0.25, -0.2) is 9.78 Å². The highest BCUT2D eigenvalue weighted by Gasteiger charge is 2.14. The van der Waals surface area contributed by atoms with Gasteiger partial charge in [-0.3, -0.25) is 0 Å². The summed E-state index contributed by atoms with van der Waals surface area (Å²) < 4.78 is 5.09. The Labute approximate surface area is 164 Å². The van der Waals surface area contributed by atoms with Crippen molar-refractivity contribution in [2.24, 2.45) is 0 Å². The third-order valence-corrected chi connectivity index (χ3v) is 4.18. The molecule has 3 aromatic rings. The number of hydrogen-bond acceptors (Lipinski definition) is 4. The number of carboxylic acid groups (broad SMARTS) is 1. The lowest BCUT2D eigenvalue weighted by molar-refractivity contribution is 0.0693. The minimum atomic E-state index is -1.00. The molecule has 27 heavy (non-hydrogen) atoms. The van der Waals surface area contributed by atoms with Crippen molar-refractivity contribution in [3.63, 3.8) is 0 Å². The van der Waals surface area contributed by atoms with Crippen LogP contribution in [-0.2, 0) is 6.54 Å². The summed E-state index contributed by atoms with van der Waals surface area (Å²) in [4.78, 5) is 19.1. The third kappa shape index (κ3) is 4.87. The second kappa shape index (κ2) is 9.21. The van der Waals surface area contributed by atoms with Gasteiger partial charge in [0.05, 0.1) is 18.8 Å². The molecule has 7 heteroatoms. The number of rotatable bonds is 7. The molecule has 0 saturated heterocycles. The first-order chi connectivity index (χ1) is 12.6. The van der Waals surface area contributed by atoms with Crippen molar-refractivity contribution >= 4 is 18.4 Å². The molecular formula is C20H22ClN3O3. The van der Waals surface area contributed by atoms with Gasteiger partial charge in [-0.15, -0.1) is 12.4 Å². The van der Waals surface area contributed by atoms with E-state index in [1.165, 1.54) is 7.11 Å². The maximum Gasteiger partial charge on any atom is 0.339 e. The number of aromatic amines is 1. The van der Waals surface area contributed by atoms with Crippen molar-refractivity contribution in [1.82, 2.24) is 15.3 Å². The van der Waals surface area contributed by atoms with Crippen LogP contribution in [0.5, 0.6) is 5.75 Å².